The fraction of sp³-hybridized carbons (Fsp3) is 0.213. The summed E-state index contributed by atoms with van der Waals surface area (Å²) < 4.78 is 18.0. The molecule has 6 rings (SSSR count). The fourth-order valence-electron chi connectivity index (χ4n) is 6.30. The van der Waals surface area contributed by atoms with Crippen LogP contribution in [0.2, 0.25) is 0 Å². The molecule has 0 aliphatic heterocycles. The van der Waals surface area contributed by atoms with Gasteiger partial charge in [0.15, 0.2) is 0 Å². The number of alkyl carbamates (subject to hydrolysis) is 1. The molecule has 0 saturated heterocycles. The molecule has 61 heavy (non-hydrogen) atoms. The number of carbonyl (C=O) groups is 5. The second-order valence-electron chi connectivity index (χ2n) is 14.5. The summed E-state index contributed by atoms with van der Waals surface area (Å²) in [5, 5.41) is 16.2. The molecule has 0 radical (unpaired) electrons. The van der Waals surface area contributed by atoms with Crippen molar-refractivity contribution in [1.82, 2.24) is 25.5 Å². The summed E-state index contributed by atoms with van der Waals surface area (Å²) in [6.07, 6.45) is -1.26. The van der Waals surface area contributed by atoms with Crippen molar-refractivity contribution in [3.63, 3.8) is 0 Å². The number of benzene rings is 5. The number of hydrogen-bond acceptors (Lipinski definition) is 10. The van der Waals surface area contributed by atoms with Gasteiger partial charge in [-0.05, 0) is 40.8 Å². The first kappa shape index (κ1) is 43.0. The van der Waals surface area contributed by atoms with Crippen molar-refractivity contribution in [3.8, 4) is 11.4 Å². The normalized spacial score (nSPS) is 11.9. The van der Waals surface area contributed by atoms with Crippen LogP contribution in [0.25, 0.3) is 22.4 Å². The van der Waals surface area contributed by atoms with Gasteiger partial charge in [-0.2, -0.15) is 0 Å². The first-order chi connectivity index (χ1) is 29.4. The number of nitrogens with zero attached hydrogens (tertiary/aromatic N) is 2. The summed E-state index contributed by atoms with van der Waals surface area (Å²) >= 11 is 0. The van der Waals surface area contributed by atoms with E-state index in [9.17, 15) is 24.0 Å². The van der Waals surface area contributed by atoms with Gasteiger partial charge in [-0.1, -0.05) is 129 Å². The molecule has 0 bridgehead atoms. The first-order valence-corrected chi connectivity index (χ1v) is 19.6. The highest BCUT2D eigenvalue weighted by atomic mass is 16.5. The van der Waals surface area contributed by atoms with Gasteiger partial charge in [-0.25, -0.2) is 14.6 Å². The Kier molecular flexibility index (Phi) is 14.4. The predicted molar refractivity (Wildman–Crippen MR) is 228 cm³/mol. The molecule has 5 aromatic carbocycles. The molecule has 14 heteroatoms. The molecule has 0 spiro atoms. The van der Waals surface area contributed by atoms with Gasteiger partial charge in [-0.15, -0.1) is 0 Å². The van der Waals surface area contributed by atoms with Crippen LogP contribution in [0.5, 0.6) is 0 Å². The molecule has 0 saturated carbocycles. The predicted octanol–water partition coefficient (Wildman–Crippen LogP) is 6.61. The van der Waals surface area contributed by atoms with E-state index in [2.05, 4.69) is 16.0 Å². The molecule has 6 aromatic rings. The lowest BCUT2D eigenvalue weighted by molar-refractivity contribution is -0.151. The average molecular weight is 823 g/mol. The quantitative estimate of drug-likeness (QED) is 0.0360. The smallest absolute Gasteiger partial charge is 0.413 e. The summed E-state index contributed by atoms with van der Waals surface area (Å²) in [5.74, 6) is -2.77. The van der Waals surface area contributed by atoms with Crippen LogP contribution in [-0.4, -0.2) is 57.3 Å². The topological polar surface area (TPSA) is 191 Å². The number of esters is 2. The zero-order valence-corrected chi connectivity index (χ0v) is 33.9. The summed E-state index contributed by atoms with van der Waals surface area (Å²) in [7, 11) is 1.82. The molecule has 1 heterocycles. The number of nitrogens with one attached hydrogen (secondary N) is 4. The number of amidine groups is 1. The molecular formula is C47H46N6O8. The van der Waals surface area contributed by atoms with E-state index in [1.807, 2.05) is 78.3 Å². The van der Waals surface area contributed by atoms with Crippen molar-refractivity contribution in [1.29, 1.82) is 5.41 Å². The van der Waals surface area contributed by atoms with E-state index >= 15 is 0 Å². The highest BCUT2D eigenvalue weighted by molar-refractivity contribution is 6.05. The van der Waals surface area contributed by atoms with Gasteiger partial charge in [-0.3, -0.25) is 25.1 Å². The Balaban J connectivity index is 1.14. The van der Waals surface area contributed by atoms with Gasteiger partial charge in [0.05, 0.1) is 17.5 Å². The van der Waals surface area contributed by atoms with Crippen molar-refractivity contribution in [2.24, 2.45) is 13.0 Å². The minimum atomic E-state index is -1.41. The van der Waals surface area contributed by atoms with Gasteiger partial charge in [0.2, 0.25) is 5.91 Å². The Morgan fingerprint density at radius 2 is 1.21 bits per heavy atom. The van der Waals surface area contributed by atoms with E-state index in [0.717, 1.165) is 16.7 Å². The molecule has 14 nitrogen and oxygen atoms in total. The lowest BCUT2D eigenvalue weighted by atomic mass is 10.0. The number of imidazole rings is 1. The zero-order valence-electron chi connectivity index (χ0n) is 33.9. The van der Waals surface area contributed by atoms with Gasteiger partial charge in [0, 0.05) is 23.7 Å². The number of aromatic nitrogens is 2. The number of carbonyl (C=O) groups excluding carboxylic acids is 5. The van der Waals surface area contributed by atoms with Crippen LogP contribution < -0.4 is 16.0 Å². The largest absolute Gasteiger partial charge is 0.461 e. The maximum atomic E-state index is 13.8. The monoisotopic (exact) mass is 822 g/mol. The summed E-state index contributed by atoms with van der Waals surface area (Å²) in [5.41, 5.74) is 4.86. The van der Waals surface area contributed by atoms with Crippen LogP contribution in [0, 0.1) is 11.3 Å². The number of aryl methyl sites for hydroxylation is 1. The molecule has 0 fully saturated rings. The molecule has 1 aromatic heterocycles. The van der Waals surface area contributed by atoms with E-state index < -0.39 is 48.4 Å². The molecule has 3 amide bonds. The highest BCUT2D eigenvalue weighted by Crippen LogP contribution is 2.25. The van der Waals surface area contributed by atoms with Crippen molar-refractivity contribution < 1.29 is 38.2 Å². The number of rotatable bonds is 16. The number of amides is 3. The second kappa shape index (κ2) is 20.4. The van der Waals surface area contributed by atoms with Gasteiger partial charge in [0.25, 0.3) is 5.91 Å². The van der Waals surface area contributed by atoms with E-state index in [0.29, 0.717) is 28.0 Å². The van der Waals surface area contributed by atoms with Crippen LogP contribution in [0.15, 0.2) is 133 Å². The molecule has 312 valence electrons. The Bertz CT molecular complexity index is 2490. The van der Waals surface area contributed by atoms with Crippen molar-refractivity contribution in [3.05, 3.63) is 161 Å². The van der Waals surface area contributed by atoms with E-state index in [4.69, 9.17) is 24.6 Å². The van der Waals surface area contributed by atoms with Gasteiger partial charge in [0.1, 0.15) is 43.6 Å². The Morgan fingerprint density at radius 3 is 1.79 bits per heavy atom. The standard InChI is InChI=1S/C47H46N6O8/c1-30(2)41(46(57)60-28-32-15-9-5-10-16-32)51-45(56)38(26-40(54)59-27-31-13-7-4-8-14-31)50-44(55)36-23-24-39-37(25-36)49-43(53(39)3)35-21-19-34(20-22-35)42(48)52-47(58)61-29-33-17-11-6-12-18-33/h4-25,30,38,41H,26-29H2,1-3H3,(H,50,55)(H,51,56)(H2,48,52,58). The maximum absolute atomic E-state index is 13.8. The Morgan fingerprint density at radius 1 is 0.672 bits per heavy atom. The first-order valence-electron chi connectivity index (χ1n) is 19.6. The van der Waals surface area contributed by atoms with E-state index in [-0.39, 0.29) is 37.1 Å². The van der Waals surface area contributed by atoms with Crippen molar-refractivity contribution in [2.75, 3.05) is 0 Å². The van der Waals surface area contributed by atoms with Crippen LogP contribution in [0.1, 0.15) is 52.9 Å². The summed E-state index contributed by atoms with van der Waals surface area (Å²) in [6.45, 7) is 3.53. The lowest BCUT2D eigenvalue weighted by Crippen LogP contribution is -2.54. The number of fused-ring (bicyclic) bond motifs is 1. The minimum Gasteiger partial charge on any atom is -0.461 e. The number of hydrogen-bond donors (Lipinski definition) is 4. The van der Waals surface area contributed by atoms with Crippen molar-refractivity contribution in [2.45, 2.75) is 52.2 Å². The second-order valence-corrected chi connectivity index (χ2v) is 14.5. The molecule has 2 atom stereocenters. The van der Waals surface area contributed by atoms with E-state index in [1.165, 1.54) is 0 Å². The van der Waals surface area contributed by atoms with E-state index in [1.54, 1.807) is 80.6 Å². The third kappa shape index (κ3) is 11.8. The van der Waals surface area contributed by atoms with Crippen LogP contribution in [0.3, 0.4) is 0 Å². The molecule has 0 aliphatic rings. The van der Waals surface area contributed by atoms with Gasteiger partial charge < -0.3 is 29.4 Å². The lowest BCUT2D eigenvalue weighted by Gasteiger charge is -2.24. The molecule has 0 aliphatic carbocycles. The zero-order chi connectivity index (χ0) is 43.3. The summed E-state index contributed by atoms with van der Waals surface area (Å²) in [4.78, 5) is 71.0. The number of ether oxygens (including phenoxy) is 3. The average Bonchev–Trinajstić information content (AvgIpc) is 3.61. The molecule has 2 unspecified atom stereocenters. The third-order valence-corrected chi connectivity index (χ3v) is 9.69. The SMILES string of the molecule is CC(C)C(NC(=O)C(CC(=O)OCc1ccccc1)NC(=O)c1ccc2c(c1)nc(-c1ccc(C(=N)NC(=O)OCc3ccccc3)cc1)n2C)C(=O)OCc1ccccc1. The molecule has 4 N–H and O–H groups in total. The Hall–Kier alpha value is -7.61. The third-order valence-electron chi connectivity index (χ3n) is 9.69. The van der Waals surface area contributed by atoms with Crippen LogP contribution in [0.4, 0.5) is 4.79 Å². The molecular weight excluding hydrogens is 777 g/mol. The van der Waals surface area contributed by atoms with Gasteiger partial charge >= 0.3 is 18.0 Å². The maximum Gasteiger partial charge on any atom is 0.413 e. The van der Waals surface area contributed by atoms with Crippen LogP contribution in [-0.2, 0) is 55.5 Å². The summed E-state index contributed by atoms with van der Waals surface area (Å²) in [6, 6.07) is 36.6. The fourth-order valence-corrected chi connectivity index (χ4v) is 6.30. The van der Waals surface area contributed by atoms with Crippen molar-refractivity contribution >= 4 is 46.7 Å². The minimum absolute atomic E-state index is 0.00384. The Labute approximate surface area is 352 Å². The van der Waals surface area contributed by atoms with Crippen LogP contribution >= 0.6 is 0 Å². The highest BCUT2D eigenvalue weighted by Gasteiger charge is 2.32.